The van der Waals surface area contributed by atoms with Gasteiger partial charge in [-0.05, 0) is 38.3 Å². The van der Waals surface area contributed by atoms with Crippen molar-refractivity contribution in [2.24, 2.45) is 5.41 Å². The molecule has 0 saturated heterocycles. The smallest absolute Gasteiger partial charge is 0.263 e. The van der Waals surface area contributed by atoms with Crippen LogP contribution in [0.25, 0.3) is 16.7 Å². The average molecular weight is 365 g/mol. The van der Waals surface area contributed by atoms with Gasteiger partial charge < -0.3 is 10.1 Å². The van der Waals surface area contributed by atoms with Crippen molar-refractivity contribution in [3.63, 3.8) is 0 Å². The first kappa shape index (κ1) is 16.5. The van der Waals surface area contributed by atoms with Crippen LogP contribution in [-0.4, -0.2) is 38.5 Å². The predicted molar refractivity (Wildman–Crippen MR) is 103 cm³/mol. The van der Waals surface area contributed by atoms with Crippen LogP contribution in [0.15, 0.2) is 41.3 Å². The molecule has 5 rings (SSSR count). The van der Waals surface area contributed by atoms with Crippen LogP contribution >= 0.6 is 0 Å². The summed E-state index contributed by atoms with van der Waals surface area (Å²) in [6.45, 7) is 2.79. The van der Waals surface area contributed by atoms with Gasteiger partial charge in [-0.15, -0.1) is 0 Å². The summed E-state index contributed by atoms with van der Waals surface area (Å²) in [7, 11) is 0. The molecule has 2 saturated carbocycles. The molecule has 2 N–H and O–H groups in total. The minimum Gasteiger partial charge on any atom is -0.378 e. The fraction of sp³-hybridized carbons (Fsp3) is 0.450. The Bertz CT molecular complexity index is 1020. The number of fused-ring (bicyclic) bond motifs is 1. The zero-order valence-electron chi connectivity index (χ0n) is 15.3. The van der Waals surface area contributed by atoms with E-state index in [1.54, 1.807) is 10.9 Å². The Morgan fingerprint density at radius 3 is 2.85 bits per heavy atom. The molecule has 7 heteroatoms. The fourth-order valence-electron chi connectivity index (χ4n) is 4.55. The average Bonchev–Trinajstić information content (AvgIpc) is 3.04. The Kier molecular flexibility index (Phi) is 3.79. The Morgan fingerprint density at radius 2 is 2.15 bits per heavy atom. The zero-order valence-corrected chi connectivity index (χ0v) is 15.3. The molecule has 0 bridgehead atoms. The summed E-state index contributed by atoms with van der Waals surface area (Å²) < 4.78 is 7.62. The molecule has 140 valence electrons. The molecule has 3 aromatic rings. The van der Waals surface area contributed by atoms with Crippen LogP contribution in [0.2, 0.25) is 0 Å². The first-order valence-electron chi connectivity index (χ1n) is 9.63. The van der Waals surface area contributed by atoms with Crippen molar-refractivity contribution >= 4 is 17.0 Å². The van der Waals surface area contributed by atoms with E-state index in [0.717, 1.165) is 18.7 Å². The van der Waals surface area contributed by atoms with E-state index in [2.05, 4.69) is 20.4 Å². The van der Waals surface area contributed by atoms with E-state index >= 15 is 0 Å². The van der Waals surface area contributed by atoms with Gasteiger partial charge in [-0.25, -0.2) is 4.68 Å². The lowest BCUT2D eigenvalue weighted by atomic mass is 9.51. The van der Waals surface area contributed by atoms with E-state index < -0.39 is 0 Å². The molecule has 27 heavy (non-hydrogen) atoms. The monoisotopic (exact) mass is 365 g/mol. The first-order valence-corrected chi connectivity index (χ1v) is 9.63. The van der Waals surface area contributed by atoms with E-state index in [1.807, 2.05) is 37.3 Å². The number of rotatable bonds is 5. The molecule has 2 aliphatic rings. The minimum absolute atomic E-state index is 0.173. The SMILES string of the molecule is CCOC1CC(Nc2nc3c(cnn3-c3ccccc3)c(=O)[nH]2)C12CCC2. The molecule has 2 heterocycles. The van der Waals surface area contributed by atoms with Crippen LogP contribution in [0, 0.1) is 5.41 Å². The van der Waals surface area contributed by atoms with Crippen LogP contribution in [0.3, 0.4) is 0 Å². The highest BCUT2D eigenvalue weighted by molar-refractivity contribution is 5.76. The number of nitrogens with zero attached hydrogens (tertiary/aromatic N) is 3. The largest absolute Gasteiger partial charge is 0.378 e. The molecule has 1 aromatic carbocycles. The summed E-state index contributed by atoms with van der Waals surface area (Å²) in [4.78, 5) is 20.1. The number of nitrogens with one attached hydrogen (secondary N) is 2. The number of ether oxygens (including phenoxy) is 1. The topological polar surface area (TPSA) is 84.8 Å². The van der Waals surface area contributed by atoms with Gasteiger partial charge in [-0.2, -0.15) is 10.1 Å². The van der Waals surface area contributed by atoms with Crippen molar-refractivity contribution in [3.8, 4) is 5.69 Å². The first-order chi connectivity index (χ1) is 13.2. The second kappa shape index (κ2) is 6.20. The second-order valence-electron chi connectivity index (χ2n) is 7.51. The van der Waals surface area contributed by atoms with Gasteiger partial charge in [0.15, 0.2) is 5.65 Å². The van der Waals surface area contributed by atoms with Gasteiger partial charge in [-0.1, -0.05) is 24.6 Å². The fourth-order valence-corrected chi connectivity index (χ4v) is 4.55. The molecular formula is C20H23N5O2. The maximum atomic E-state index is 12.5. The lowest BCUT2D eigenvalue weighted by Crippen LogP contribution is -2.64. The second-order valence-corrected chi connectivity index (χ2v) is 7.51. The molecule has 7 nitrogen and oxygen atoms in total. The third-order valence-corrected chi connectivity index (χ3v) is 6.19. The van der Waals surface area contributed by atoms with Gasteiger partial charge in [0.05, 0.1) is 18.0 Å². The highest BCUT2D eigenvalue weighted by Gasteiger charge is 2.59. The highest BCUT2D eigenvalue weighted by atomic mass is 16.5. The lowest BCUT2D eigenvalue weighted by Gasteiger charge is -2.61. The maximum absolute atomic E-state index is 12.5. The van der Waals surface area contributed by atoms with Gasteiger partial charge in [0.2, 0.25) is 5.95 Å². The highest BCUT2D eigenvalue weighted by Crippen LogP contribution is 2.57. The number of para-hydroxylation sites is 1. The molecule has 0 aliphatic heterocycles. The van der Waals surface area contributed by atoms with Gasteiger partial charge in [-0.3, -0.25) is 9.78 Å². The summed E-state index contributed by atoms with van der Waals surface area (Å²) in [5.74, 6) is 0.511. The number of aromatic amines is 1. The number of anilines is 1. The molecule has 2 fully saturated rings. The van der Waals surface area contributed by atoms with E-state index in [4.69, 9.17) is 4.74 Å². The standard InChI is InChI=1S/C20H23N5O2/c1-2-27-16-11-15(20(16)9-6-10-20)22-19-23-17-14(18(26)24-19)12-21-25(17)13-7-4-3-5-8-13/h3-5,7-8,12,15-16H,2,6,9-11H2,1H3,(H2,22,23,24,26). The number of aromatic nitrogens is 4. The lowest BCUT2D eigenvalue weighted by molar-refractivity contribution is -0.157. The Hall–Kier alpha value is -2.67. The molecule has 2 atom stereocenters. The predicted octanol–water partition coefficient (Wildman–Crippen LogP) is 2.87. The third kappa shape index (κ3) is 2.49. The summed E-state index contributed by atoms with van der Waals surface area (Å²) in [6, 6.07) is 10.0. The molecule has 2 aromatic heterocycles. The maximum Gasteiger partial charge on any atom is 0.263 e. The summed E-state index contributed by atoms with van der Waals surface area (Å²) in [5.41, 5.74) is 1.47. The molecule has 1 spiro atoms. The summed E-state index contributed by atoms with van der Waals surface area (Å²) >= 11 is 0. The Balaban J connectivity index is 1.47. The van der Waals surface area contributed by atoms with Crippen LogP contribution in [0.5, 0.6) is 0 Å². The van der Waals surface area contributed by atoms with Crippen molar-refractivity contribution in [1.29, 1.82) is 0 Å². The van der Waals surface area contributed by atoms with Crippen molar-refractivity contribution < 1.29 is 4.74 Å². The molecule has 0 amide bonds. The minimum atomic E-state index is -0.173. The van der Waals surface area contributed by atoms with Gasteiger partial charge in [0.25, 0.3) is 5.56 Å². The summed E-state index contributed by atoms with van der Waals surface area (Å²) in [6.07, 6.45) is 6.42. The number of H-pyrrole nitrogens is 1. The van der Waals surface area contributed by atoms with Crippen LogP contribution in [-0.2, 0) is 4.74 Å². The van der Waals surface area contributed by atoms with Crippen molar-refractivity contribution in [2.45, 2.75) is 44.8 Å². The number of hydrogen-bond acceptors (Lipinski definition) is 5. The zero-order chi connectivity index (χ0) is 18.4. The molecule has 2 unspecified atom stereocenters. The van der Waals surface area contributed by atoms with E-state index in [1.165, 1.54) is 19.3 Å². The quantitative estimate of drug-likeness (QED) is 0.726. The van der Waals surface area contributed by atoms with E-state index in [9.17, 15) is 4.79 Å². The van der Waals surface area contributed by atoms with Crippen LogP contribution in [0.1, 0.15) is 32.6 Å². The number of hydrogen-bond donors (Lipinski definition) is 2. The van der Waals surface area contributed by atoms with Crippen molar-refractivity contribution in [3.05, 3.63) is 46.9 Å². The molecular weight excluding hydrogens is 342 g/mol. The van der Waals surface area contributed by atoms with Gasteiger partial charge in [0.1, 0.15) is 5.39 Å². The molecule has 2 aliphatic carbocycles. The van der Waals surface area contributed by atoms with Crippen molar-refractivity contribution in [2.75, 3.05) is 11.9 Å². The third-order valence-electron chi connectivity index (χ3n) is 6.19. The van der Waals surface area contributed by atoms with Gasteiger partial charge in [0, 0.05) is 18.1 Å². The van der Waals surface area contributed by atoms with E-state index in [0.29, 0.717) is 23.1 Å². The van der Waals surface area contributed by atoms with Crippen LogP contribution in [0.4, 0.5) is 5.95 Å². The summed E-state index contributed by atoms with van der Waals surface area (Å²) in [5, 5.41) is 8.32. The Morgan fingerprint density at radius 1 is 1.33 bits per heavy atom. The van der Waals surface area contributed by atoms with Crippen molar-refractivity contribution in [1.82, 2.24) is 19.7 Å². The van der Waals surface area contributed by atoms with Crippen LogP contribution < -0.4 is 10.9 Å². The molecule has 0 radical (unpaired) electrons. The number of benzene rings is 1. The normalized spacial score (nSPS) is 23.1. The van der Waals surface area contributed by atoms with Gasteiger partial charge >= 0.3 is 0 Å². The Labute approximate surface area is 156 Å². The van der Waals surface area contributed by atoms with E-state index in [-0.39, 0.29) is 17.0 Å².